The molecule has 7 heteroatoms. The number of nitrogens with zero attached hydrogens (tertiary/aromatic N) is 2. The van der Waals surface area contributed by atoms with Gasteiger partial charge in [-0.2, -0.15) is 0 Å². The van der Waals surface area contributed by atoms with E-state index in [1.807, 2.05) is 24.4 Å². The number of pyridine rings is 1. The lowest BCUT2D eigenvalue weighted by atomic mass is 9.99. The molecule has 0 saturated heterocycles. The van der Waals surface area contributed by atoms with Crippen LogP contribution >= 0.6 is 0 Å². The van der Waals surface area contributed by atoms with Gasteiger partial charge >= 0.3 is 0 Å². The second-order valence-corrected chi connectivity index (χ2v) is 11.0. The summed E-state index contributed by atoms with van der Waals surface area (Å²) < 4.78 is 19.1. The smallest absolute Gasteiger partial charge is 0.143 e. The third-order valence-electron chi connectivity index (χ3n) is 6.65. The Kier molecular flexibility index (Phi) is 7.18. The maximum Gasteiger partial charge on any atom is 0.143 e. The standard InChI is InChI=1S/C28H33N3O3S/c1-3-31(13-14-32)12-5-15-34-25-11-10-23(20-6-4-7-22(17-20)35(33)21-8-9-21)26-24-16-19(2)18-29-28(24)30-27(25)26/h4,6-7,10-11,16-18,21,32H,3,5,8-9,12-15H2,1-2H3,(H,29,30). The summed E-state index contributed by atoms with van der Waals surface area (Å²) in [7, 11) is -0.944. The molecule has 0 aliphatic heterocycles. The van der Waals surface area contributed by atoms with Crippen molar-refractivity contribution in [3.05, 3.63) is 54.2 Å². The van der Waals surface area contributed by atoms with Gasteiger partial charge in [0.05, 0.1) is 29.5 Å². The third kappa shape index (κ3) is 5.13. The number of H-pyrrole nitrogens is 1. The maximum atomic E-state index is 12.8. The van der Waals surface area contributed by atoms with Crippen LogP contribution in [0.3, 0.4) is 0 Å². The van der Waals surface area contributed by atoms with Crippen molar-refractivity contribution in [1.82, 2.24) is 14.9 Å². The Bertz CT molecular complexity index is 1360. The lowest BCUT2D eigenvalue weighted by Gasteiger charge is -2.19. The molecule has 1 aliphatic rings. The highest BCUT2D eigenvalue weighted by molar-refractivity contribution is 7.86. The van der Waals surface area contributed by atoms with Gasteiger partial charge in [0, 0.05) is 40.2 Å². The van der Waals surface area contributed by atoms with E-state index >= 15 is 0 Å². The highest BCUT2D eigenvalue weighted by Gasteiger charge is 2.29. The first kappa shape index (κ1) is 24.0. The number of ether oxygens (including phenoxy) is 1. The molecule has 2 heterocycles. The first-order chi connectivity index (χ1) is 17.1. The molecule has 4 aromatic rings. The summed E-state index contributed by atoms with van der Waals surface area (Å²) >= 11 is 0. The van der Waals surface area contributed by atoms with Crippen LogP contribution < -0.4 is 4.74 Å². The first-order valence-electron chi connectivity index (χ1n) is 12.5. The van der Waals surface area contributed by atoms with Gasteiger partial charge in [-0.15, -0.1) is 0 Å². The SMILES string of the molecule is CCN(CCO)CCCOc1ccc(-c2cccc(S(=O)C3CC3)c2)c2c1[nH]c1ncc(C)cc12. The fourth-order valence-electron chi connectivity index (χ4n) is 4.63. The molecule has 2 aromatic carbocycles. The number of aryl methyl sites for hydroxylation is 1. The number of aromatic amines is 1. The van der Waals surface area contributed by atoms with Gasteiger partial charge in [0.1, 0.15) is 11.4 Å². The predicted molar refractivity (Wildman–Crippen MR) is 143 cm³/mol. The summed E-state index contributed by atoms with van der Waals surface area (Å²) in [4.78, 5) is 11.2. The lowest BCUT2D eigenvalue weighted by Crippen LogP contribution is -2.28. The van der Waals surface area contributed by atoms with E-state index in [0.717, 1.165) is 81.6 Å². The third-order valence-corrected chi connectivity index (χ3v) is 8.44. The largest absolute Gasteiger partial charge is 0.491 e. The summed E-state index contributed by atoms with van der Waals surface area (Å²) in [6.07, 6.45) is 4.86. The fraction of sp³-hybridized carbons (Fsp3) is 0.393. The molecule has 6 nitrogen and oxygen atoms in total. The van der Waals surface area contributed by atoms with Crippen LogP contribution in [0.5, 0.6) is 5.75 Å². The molecule has 2 aromatic heterocycles. The molecule has 2 N–H and O–H groups in total. The van der Waals surface area contributed by atoms with Crippen LogP contribution in [0.25, 0.3) is 33.1 Å². The molecule has 0 radical (unpaired) electrons. The molecule has 1 atom stereocenters. The maximum absolute atomic E-state index is 12.8. The predicted octanol–water partition coefficient (Wildman–Crippen LogP) is 5.04. The van der Waals surface area contributed by atoms with E-state index < -0.39 is 10.8 Å². The van der Waals surface area contributed by atoms with Gasteiger partial charge in [-0.25, -0.2) is 4.98 Å². The first-order valence-corrected chi connectivity index (χ1v) is 13.7. The van der Waals surface area contributed by atoms with Crippen LogP contribution in [0.2, 0.25) is 0 Å². The molecule has 1 unspecified atom stereocenters. The van der Waals surface area contributed by atoms with Crippen LogP contribution in [0.1, 0.15) is 31.7 Å². The van der Waals surface area contributed by atoms with Gasteiger partial charge in [-0.1, -0.05) is 19.1 Å². The molecule has 1 saturated carbocycles. The van der Waals surface area contributed by atoms with Gasteiger partial charge in [-0.3, -0.25) is 4.21 Å². The Balaban J connectivity index is 1.50. The van der Waals surface area contributed by atoms with Crippen LogP contribution in [-0.4, -0.2) is 62.3 Å². The van der Waals surface area contributed by atoms with Crippen LogP contribution in [0.15, 0.2) is 53.6 Å². The van der Waals surface area contributed by atoms with Crippen LogP contribution in [-0.2, 0) is 10.8 Å². The summed E-state index contributed by atoms with van der Waals surface area (Å²) in [5.74, 6) is 0.808. The molecular weight excluding hydrogens is 458 g/mol. The minimum absolute atomic E-state index is 0.174. The number of rotatable bonds is 11. The second-order valence-electron chi connectivity index (χ2n) is 9.28. The molecule has 1 fully saturated rings. The van der Waals surface area contributed by atoms with E-state index in [-0.39, 0.29) is 6.61 Å². The van der Waals surface area contributed by atoms with Gasteiger partial charge in [0.2, 0.25) is 0 Å². The van der Waals surface area contributed by atoms with E-state index in [0.29, 0.717) is 18.4 Å². The summed E-state index contributed by atoms with van der Waals surface area (Å²) in [6, 6.07) is 14.4. The van der Waals surface area contributed by atoms with Crippen molar-refractivity contribution >= 4 is 32.7 Å². The van der Waals surface area contributed by atoms with Crippen molar-refractivity contribution in [2.75, 3.05) is 32.8 Å². The summed E-state index contributed by atoms with van der Waals surface area (Å²) in [5.41, 5.74) is 5.01. The Hall–Kier alpha value is -2.74. The van der Waals surface area contributed by atoms with E-state index in [1.165, 1.54) is 0 Å². The zero-order chi connectivity index (χ0) is 24.4. The monoisotopic (exact) mass is 491 g/mol. The minimum Gasteiger partial charge on any atom is -0.491 e. The van der Waals surface area contributed by atoms with Crippen molar-refractivity contribution in [2.24, 2.45) is 0 Å². The Morgan fingerprint density at radius 3 is 2.83 bits per heavy atom. The number of nitrogens with one attached hydrogen (secondary N) is 1. The summed E-state index contributed by atoms with van der Waals surface area (Å²) in [6.45, 7) is 7.41. The van der Waals surface area contributed by atoms with Crippen molar-refractivity contribution in [3.8, 4) is 16.9 Å². The molecule has 184 valence electrons. The molecule has 1 aliphatic carbocycles. The quantitative estimate of drug-likeness (QED) is 0.287. The van der Waals surface area contributed by atoms with E-state index in [9.17, 15) is 9.32 Å². The van der Waals surface area contributed by atoms with Crippen molar-refractivity contribution < 1.29 is 14.1 Å². The number of benzene rings is 2. The molecular formula is C28H33N3O3S. The Labute approximate surface area is 208 Å². The molecule has 35 heavy (non-hydrogen) atoms. The number of hydrogen-bond donors (Lipinski definition) is 2. The number of aromatic nitrogens is 2. The molecule has 0 amide bonds. The highest BCUT2D eigenvalue weighted by atomic mass is 32.2. The number of likely N-dealkylation sites (N-methyl/N-ethyl adjacent to an activating group) is 1. The fourth-order valence-corrected chi connectivity index (χ4v) is 6.03. The van der Waals surface area contributed by atoms with E-state index in [1.54, 1.807) is 0 Å². The van der Waals surface area contributed by atoms with Gasteiger partial charge < -0.3 is 19.7 Å². The van der Waals surface area contributed by atoms with Gasteiger partial charge in [-0.05, 0) is 79.8 Å². The number of hydrogen-bond acceptors (Lipinski definition) is 5. The average Bonchev–Trinajstić information content (AvgIpc) is 3.66. The Morgan fingerprint density at radius 1 is 1.20 bits per heavy atom. The normalized spacial score (nSPS) is 14.7. The van der Waals surface area contributed by atoms with E-state index in [2.05, 4.69) is 53.0 Å². The summed E-state index contributed by atoms with van der Waals surface area (Å²) in [5, 5.41) is 11.7. The second kappa shape index (κ2) is 10.5. The minimum atomic E-state index is -0.944. The number of aliphatic hydroxyl groups excluding tert-OH is 1. The van der Waals surface area contributed by atoms with Crippen molar-refractivity contribution in [1.29, 1.82) is 0 Å². The molecule has 5 rings (SSSR count). The molecule has 0 spiro atoms. The lowest BCUT2D eigenvalue weighted by molar-refractivity contribution is 0.189. The van der Waals surface area contributed by atoms with Crippen LogP contribution in [0, 0.1) is 6.92 Å². The average molecular weight is 492 g/mol. The number of fused-ring (bicyclic) bond motifs is 3. The van der Waals surface area contributed by atoms with Gasteiger partial charge in [0.25, 0.3) is 0 Å². The van der Waals surface area contributed by atoms with Crippen molar-refractivity contribution in [2.45, 2.75) is 43.3 Å². The van der Waals surface area contributed by atoms with E-state index in [4.69, 9.17) is 4.74 Å². The van der Waals surface area contributed by atoms with Crippen LogP contribution in [0.4, 0.5) is 0 Å². The topological polar surface area (TPSA) is 78.5 Å². The zero-order valence-corrected chi connectivity index (χ0v) is 21.2. The van der Waals surface area contributed by atoms with Crippen molar-refractivity contribution in [3.63, 3.8) is 0 Å². The molecule has 0 bridgehead atoms. The number of aliphatic hydroxyl groups is 1. The highest BCUT2D eigenvalue weighted by Crippen LogP contribution is 2.40. The Morgan fingerprint density at radius 2 is 2.06 bits per heavy atom. The van der Waals surface area contributed by atoms with Gasteiger partial charge in [0.15, 0.2) is 0 Å². The zero-order valence-electron chi connectivity index (χ0n) is 20.4.